The van der Waals surface area contributed by atoms with Crippen LogP contribution in [0.3, 0.4) is 0 Å². The third kappa shape index (κ3) is 2.33. The molecule has 78 valence electrons. The fraction of sp³-hybridized carbons (Fsp3) is 0.700. The standard InChI is InChI=1S/C10H16N2O2/c1-7-4-9(12-14-7)6-13-10-3-2-8(11)5-10/h4,8,10H,2-3,5-6,11H2,1H3. The Bertz CT molecular complexity index is 298. The van der Waals surface area contributed by atoms with E-state index in [1.807, 2.05) is 13.0 Å². The highest BCUT2D eigenvalue weighted by molar-refractivity contribution is 5.02. The Balaban J connectivity index is 1.77. The maximum atomic E-state index is 5.78. The summed E-state index contributed by atoms with van der Waals surface area (Å²) in [5.41, 5.74) is 6.65. The molecule has 0 spiro atoms. The first-order valence-corrected chi connectivity index (χ1v) is 5.03. The van der Waals surface area contributed by atoms with E-state index in [0.29, 0.717) is 18.8 Å². The molecule has 0 aliphatic heterocycles. The van der Waals surface area contributed by atoms with E-state index in [0.717, 1.165) is 30.7 Å². The Labute approximate surface area is 83.4 Å². The molecule has 0 radical (unpaired) electrons. The number of hydrogen-bond acceptors (Lipinski definition) is 4. The predicted octanol–water partition coefficient (Wildman–Crippen LogP) is 1.38. The van der Waals surface area contributed by atoms with Gasteiger partial charge in [0, 0.05) is 12.1 Å². The summed E-state index contributed by atoms with van der Waals surface area (Å²) in [5.74, 6) is 0.826. The summed E-state index contributed by atoms with van der Waals surface area (Å²) in [7, 11) is 0. The van der Waals surface area contributed by atoms with Crippen molar-refractivity contribution in [2.45, 2.75) is 44.9 Å². The van der Waals surface area contributed by atoms with Gasteiger partial charge < -0.3 is 15.0 Å². The van der Waals surface area contributed by atoms with Crippen molar-refractivity contribution in [2.75, 3.05) is 0 Å². The summed E-state index contributed by atoms with van der Waals surface area (Å²) in [5, 5.41) is 3.86. The molecular formula is C10H16N2O2. The van der Waals surface area contributed by atoms with E-state index in [-0.39, 0.29) is 0 Å². The molecule has 1 aliphatic rings. The van der Waals surface area contributed by atoms with Crippen LogP contribution in [0.25, 0.3) is 0 Å². The van der Waals surface area contributed by atoms with Crippen molar-refractivity contribution in [3.63, 3.8) is 0 Å². The second-order valence-electron chi connectivity index (χ2n) is 3.94. The van der Waals surface area contributed by atoms with E-state index >= 15 is 0 Å². The van der Waals surface area contributed by atoms with E-state index in [4.69, 9.17) is 15.0 Å². The van der Waals surface area contributed by atoms with E-state index in [1.54, 1.807) is 0 Å². The van der Waals surface area contributed by atoms with E-state index in [9.17, 15) is 0 Å². The topological polar surface area (TPSA) is 61.3 Å². The van der Waals surface area contributed by atoms with Crippen LogP contribution < -0.4 is 5.73 Å². The lowest BCUT2D eigenvalue weighted by atomic mass is 10.3. The molecule has 2 atom stereocenters. The van der Waals surface area contributed by atoms with Gasteiger partial charge in [0.25, 0.3) is 0 Å². The molecule has 0 bridgehead atoms. The lowest BCUT2D eigenvalue weighted by Crippen LogP contribution is -2.17. The Morgan fingerprint density at radius 1 is 1.64 bits per heavy atom. The minimum absolute atomic E-state index is 0.307. The van der Waals surface area contributed by atoms with Gasteiger partial charge in [-0.1, -0.05) is 5.16 Å². The Morgan fingerprint density at radius 3 is 3.07 bits per heavy atom. The molecule has 1 heterocycles. The van der Waals surface area contributed by atoms with Crippen LogP contribution in [0.15, 0.2) is 10.6 Å². The molecule has 4 heteroatoms. The van der Waals surface area contributed by atoms with Gasteiger partial charge in [-0.25, -0.2) is 0 Å². The largest absolute Gasteiger partial charge is 0.372 e. The van der Waals surface area contributed by atoms with E-state index < -0.39 is 0 Å². The molecule has 1 aromatic rings. The zero-order chi connectivity index (χ0) is 9.97. The van der Waals surface area contributed by atoms with Crippen LogP contribution in [0.1, 0.15) is 30.7 Å². The minimum Gasteiger partial charge on any atom is -0.372 e. The summed E-state index contributed by atoms with van der Waals surface area (Å²) >= 11 is 0. The van der Waals surface area contributed by atoms with Gasteiger partial charge in [0.15, 0.2) is 0 Å². The molecule has 0 saturated heterocycles. The van der Waals surface area contributed by atoms with Crippen molar-refractivity contribution in [1.29, 1.82) is 0 Å². The maximum Gasteiger partial charge on any atom is 0.134 e. The van der Waals surface area contributed by atoms with Gasteiger partial charge in [-0.3, -0.25) is 0 Å². The van der Waals surface area contributed by atoms with Crippen LogP contribution in [0.2, 0.25) is 0 Å². The molecule has 1 fully saturated rings. The Hall–Kier alpha value is -0.870. The lowest BCUT2D eigenvalue weighted by Gasteiger charge is -2.09. The second-order valence-corrected chi connectivity index (χ2v) is 3.94. The Morgan fingerprint density at radius 2 is 2.50 bits per heavy atom. The average molecular weight is 196 g/mol. The molecule has 1 aliphatic carbocycles. The first-order valence-electron chi connectivity index (χ1n) is 5.03. The third-order valence-electron chi connectivity index (χ3n) is 2.57. The first kappa shape index (κ1) is 9.68. The van der Waals surface area contributed by atoms with Crippen LogP contribution in [0.4, 0.5) is 0 Å². The SMILES string of the molecule is Cc1cc(COC2CCC(N)C2)no1. The molecule has 2 unspecified atom stereocenters. The van der Waals surface area contributed by atoms with Crippen molar-refractivity contribution < 1.29 is 9.26 Å². The van der Waals surface area contributed by atoms with Gasteiger partial charge in [-0.2, -0.15) is 0 Å². The summed E-state index contributed by atoms with van der Waals surface area (Å²) in [4.78, 5) is 0. The second kappa shape index (κ2) is 4.11. The molecule has 14 heavy (non-hydrogen) atoms. The highest BCUT2D eigenvalue weighted by atomic mass is 16.5. The maximum absolute atomic E-state index is 5.78. The first-order chi connectivity index (χ1) is 6.74. The highest BCUT2D eigenvalue weighted by Crippen LogP contribution is 2.21. The van der Waals surface area contributed by atoms with Gasteiger partial charge in [-0.05, 0) is 26.2 Å². The smallest absolute Gasteiger partial charge is 0.134 e. The quantitative estimate of drug-likeness (QED) is 0.793. The van der Waals surface area contributed by atoms with E-state index in [1.165, 1.54) is 0 Å². The number of ether oxygens (including phenoxy) is 1. The zero-order valence-electron chi connectivity index (χ0n) is 8.40. The zero-order valence-corrected chi connectivity index (χ0v) is 8.40. The monoisotopic (exact) mass is 196 g/mol. The third-order valence-corrected chi connectivity index (χ3v) is 2.57. The molecular weight excluding hydrogens is 180 g/mol. The van der Waals surface area contributed by atoms with Crippen LogP contribution in [-0.4, -0.2) is 17.3 Å². The molecule has 2 rings (SSSR count). The van der Waals surface area contributed by atoms with Crippen molar-refractivity contribution in [2.24, 2.45) is 5.73 Å². The van der Waals surface area contributed by atoms with Gasteiger partial charge in [0.05, 0.1) is 12.7 Å². The minimum atomic E-state index is 0.307. The summed E-state index contributed by atoms with van der Waals surface area (Å²) in [6, 6.07) is 2.22. The molecule has 2 N–H and O–H groups in total. The van der Waals surface area contributed by atoms with Crippen molar-refractivity contribution >= 4 is 0 Å². The van der Waals surface area contributed by atoms with Crippen molar-refractivity contribution in [3.05, 3.63) is 17.5 Å². The van der Waals surface area contributed by atoms with Crippen LogP contribution >= 0.6 is 0 Å². The van der Waals surface area contributed by atoms with E-state index in [2.05, 4.69) is 5.16 Å². The van der Waals surface area contributed by atoms with Crippen LogP contribution in [0, 0.1) is 6.92 Å². The molecule has 4 nitrogen and oxygen atoms in total. The summed E-state index contributed by atoms with van der Waals surface area (Å²) in [6.07, 6.45) is 3.42. The number of nitrogens with zero attached hydrogens (tertiary/aromatic N) is 1. The normalized spacial score (nSPS) is 27.0. The number of rotatable bonds is 3. The van der Waals surface area contributed by atoms with Gasteiger partial charge >= 0.3 is 0 Å². The van der Waals surface area contributed by atoms with Gasteiger partial charge in [-0.15, -0.1) is 0 Å². The number of aryl methyl sites for hydroxylation is 1. The molecule has 1 aromatic heterocycles. The van der Waals surface area contributed by atoms with Crippen molar-refractivity contribution in [3.8, 4) is 0 Å². The lowest BCUT2D eigenvalue weighted by molar-refractivity contribution is 0.0415. The molecule has 0 aromatic carbocycles. The number of nitrogens with two attached hydrogens (primary N) is 1. The summed E-state index contributed by atoms with van der Waals surface area (Å²) < 4.78 is 10.6. The fourth-order valence-corrected chi connectivity index (χ4v) is 1.81. The van der Waals surface area contributed by atoms with Crippen LogP contribution in [-0.2, 0) is 11.3 Å². The van der Waals surface area contributed by atoms with Gasteiger partial charge in [0.1, 0.15) is 11.5 Å². The highest BCUT2D eigenvalue weighted by Gasteiger charge is 2.22. The molecule has 1 saturated carbocycles. The Kier molecular flexibility index (Phi) is 2.84. The van der Waals surface area contributed by atoms with Crippen LogP contribution in [0.5, 0.6) is 0 Å². The predicted molar refractivity (Wildman–Crippen MR) is 51.6 cm³/mol. The average Bonchev–Trinajstić information content (AvgIpc) is 2.72. The van der Waals surface area contributed by atoms with Gasteiger partial charge in [0.2, 0.25) is 0 Å². The molecule has 0 amide bonds. The number of hydrogen-bond donors (Lipinski definition) is 1. The summed E-state index contributed by atoms with van der Waals surface area (Å²) in [6.45, 7) is 2.41. The fourth-order valence-electron chi connectivity index (χ4n) is 1.81. The number of aromatic nitrogens is 1. The van der Waals surface area contributed by atoms with Crippen molar-refractivity contribution in [1.82, 2.24) is 5.16 Å².